The Balaban J connectivity index is 2.05. The Bertz CT molecular complexity index is 1310. The van der Waals surface area contributed by atoms with Crippen LogP contribution in [0, 0.1) is 11.6 Å². The monoisotopic (exact) mass is 451 g/mol. The van der Waals surface area contributed by atoms with Crippen molar-refractivity contribution in [2.24, 2.45) is 12.0 Å². The number of carbonyl (C=O) groups is 1. The van der Waals surface area contributed by atoms with E-state index in [1.165, 1.54) is 42.0 Å². The van der Waals surface area contributed by atoms with Crippen LogP contribution in [-0.4, -0.2) is 29.8 Å². The van der Waals surface area contributed by atoms with Crippen molar-refractivity contribution in [2.45, 2.75) is 19.4 Å². The van der Waals surface area contributed by atoms with Gasteiger partial charge in [-0.3, -0.25) is 14.6 Å². The Labute approximate surface area is 189 Å². The fourth-order valence-electron chi connectivity index (χ4n) is 4.01. The molecule has 1 aliphatic heterocycles. The summed E-state index contributed by atoms with van der Waals surface area (Å²) in [6, 6.07) is 9.37. The molecule has 170 valence electrons. The first-order valence-electron chi connectivity index (χ1n) is 10.5. The van der Waals surface area contributed by atoms with Gasteiger partial charge in [0.1, 0.15) is 5.82 Å². The van der Waals surface area contributed by atoms with Crippen LogP contribution in [0.3, 0.4) is 0 Å². The van der Waals surface area contributed by atoms with Gasteiger partial charge in [0.15, 0.2) is 11.6 Å². The van der Waals surface area contributed by atoms with Crippen LogP contribution in [-0.2, 0) is 11.8 Å². The summed E-state index contributed by atoms with van der Waals surface area (Å²) in [5.41, 5.74) is 2.93. The highest BCUT2D eigenvalue weighted by molar-refractivity contribution is 6.17. The number of aromatic nitrogens is 1. The SMILES string of the molecule is CCNC(=O)CC1N=C(c2ccc(F)cc2)c2cc(OC)c(F)cc2-c2cn(C)c(=O)cc21. The zero-order valence-electron chi connectivity index (χ0n) is 18.5. The number of nitrogens with one attached hydrogen (secondary N) is 1. The Morgan fingerprint density at radius 2 is 1.85 bits per heavy atom. The summed E-state index contributed by atoms with van der Waals surface area (Å²) >= 11 is 0. The lowest BCUT2D eigenvalue weighted by Crippen LogP contribution is -2.25. The van der Waals surface area contributed by atoms with E-state index in [1.807, 2.05) is 6.92 Å². The molecular formula is C25H23F2N3O3. The molecule has 1 aromatic heterocycles. The van der Waals surface area contributed by atoms with Gasteiger partial charge in [-0.25, -0.2) is 8.78 Å². The van der Waals surface area contributed by atoms with Crippen molar-refractivity contribution in [3.05, 3.63) is 87.3 Å². The predicted molar refractivity (Wildman–Crippen MR) is 122 cm³/mol. The third-order valence-corrected chi connectivity index (χ3v) is 5.61. The minimum absolute atomic E-state index is 0.00763. The zero-order valence-corrected chi connectivity index (χ0v) is 18.5. The fourth-order valence-corrected chi connectivity index (χ4v) is 4.01. The van der Waals surface area contributed by atoms with E-state index in [1.54, 1.807) is 25.4 Å². The number of halogens is 2. The zero-order chi connectivity index (χ0) is 23.7. The van der Waals surface area contributed by atoms with E-state index in [9.17, 15) is 18.4 Å². The molecule has 0 fully saturated rings. The summed E-state index contributed by atoms with van der Waals surface area (Å²) in [5, 5.41) is 2.76. The van der Waals surface area contributed by atoms with Crippen molar-refractivity contribution >= 4 is 11.6 Å². The molecular weight excluding hydrogens is 428 g/mol. The van der Waals surface area contributed by atoms with Crippen molar-refractivity contribution in [3.63, 3.8) is 0 Å². The molecule has 0 bridgehead atoms. The van der Waals surface area contributed by atoms with Gasteiger partial charge in [0, 0.05) is 42.5 Å². The molecule has 0 aliphatic carbocycles. The average molecular weight is 451 g/mol. The molecule has 1 amide bonds. The summed E-state index contributed by atoms with van der Waals surface area (Å²) in [7, 11) is 2.97. The van der Waals surface area contributed by atoms with E-state index in [0.29, 0.717) is 40.1 Å². The number of hydrogen-bond donors (Lipinski definition) is 1. The smallest absolute Gasteiger partial charge is 0.250 e. The summed E-state index contributed by atoms with van der Waals surface area (Å²) in [6.07, 6.45) is 1.61. The average Bonchev–Trinajstić information content (AvgIpc) is 2.90. The van der Waals surface area contributed by atoms with Crippen LogP contribution in [0.5, 0.6) is 5.75 Å². The van der Waals surface area contributed by atoms with E-state index < -0.39 is 17.7 Å². The normalized spacial score (nSPS) is 14.6. The third-order valence-electron chi connectivity index (χ3n) is 5.61. The molecule has 4 rings (SSSR count). The minimum atomic E-state index is -0.707. The minimum Gasteiger partial charge on any atom is -0.494 e. The number of pyridine rings is 1. The molecule has 0 saturated heterocycles. The van der Waals surface area contributed by atoms with Crippen LogP contribution >= 0.6 is 0 Å². The number of amides is 1. The molecule has 3 aromatic rings. The van der Waals surface area contributed by atoms with Gasteiger partial charge in [-0.05, 0) is 54.4 Å². The van der Waals surface area contributed by atoms with Crippen molar-refractivity contribution in [1.82, 2.24) is 9.88 Å². The Morgan fingerprint density at radius 3 is 2.52 bits per heavy atom. The molecule has 1 atom stereocenters. The summed E-state index contributed by atoms with van der Waals surface area (Å²) in [5.74, 6) is -1.19. The van der Waals surface area contributed by atoms with Crippen LogP contribution in [0.1, 0.15) is 36.1 Å². The largest absolute Gasteiger partial charge is 0.494 e. The highest BCUT2D eigenvalue weighted by Crippen LogP contribution is 2.40. The number of carbonyl (C=O) groups excluding carboxylic acids is 1. The summed E-state index contributed by atoms with van der Waals surface area (Å²) in [4.78, 5) is 29.9. The van der Waals surface area contributed by atoms with Crippen molar-refractivity contribution < 1.29 is 18.3 Å². The Hall–Kier alpha value is -3.81. The molecule has 1 aliphatic rings. The second-order valence-electron chi connectivity index (χ2n) is 7.78. The maximum absolute atomic E-state index is 14.8. The van der Waals surface area contributed by atoms with Gasteiger partial charge in [0.05, 0.1) is 25.3 Å². The number of nitrogens with zero attached hydrogens (tertiary/aromatic N) is 2. The summed E-state index contributed by atoms with van der Waals surface area (Å²) < 4.78 is 35.1. The molecule has 0 saturated carbocycles. The number of fused-ring (bicyclic) bond motifs is 3. The highest BCUT2D eigenvalue weighted by Gasteiger charge is 2.29. The van der Waals surface area contributed by atoms with Crippen LogP contribution in [0.2, 0.25) is 0 Å². The van der Waals surface area contributed by atoms with Crippen LogP contribution in [0.15, 0.2) is 58.4 Å². The van der Waals surface area contributed by atoms with Crippen LogP contribution in [0.4, 0.5) is 8.78 Å². The first-order valence-corrected chi connectivity index (χ1v) is 10.5. The number of ether oxygens (including phenoxy) is 1. The van der Waals surface area contributed by atoms with Gasteiger partial charge in [0.25, 0.3) is 5.56 Å². The topological polar surface area (TPSA) is 72.7 Å². The Kier molecular flexibility index (Phi) is 6.09. The molecule has 8 heteroatoms. The number of aryl methyl sites for hydroxylation is 1. The molecule has 6 nitrogen and oxygen atoms in total. The maximum Gasteiger partial charge on any atom is 0.250 e. The van der Waals surface area contributed by atoms with Crippen molar-refractivity contribution in [1.29, 1.82) is 0 Å². The number of hydrogen-bond acceptors (Lipinski definition) is 4. The fraction of sp³-hybridized carbons (Fsp3) is 0.240. The first-order chi connectivity index (χ1) is 15.8. The van der Waals surface area contributed by atoms with Gasteiger partial charge in [0.2, 0.25) is 5.91 Å². The Morgan fingerprint density at radius 1 is 1.12 bits per heavy atom. The van der Waals surface area contributed by atoms with Crippen LogP contribution in [0.25, 0.3) is 11.1 Å². The quantitative estimate of drug-likeness (QED) is 0.642. The molecule has 33 heavy (non-hydrogen) atoms. The van der Waals surface area contributed by atoms with E-state index in [-0.39, 0.29) is 23.6 Å². The highest BCUT2D eigenvalue weighted by atomic mass is 19.1. The van der Waals surface area contributed by atoms with E-state index in [0.717, 1.165) is 0 Å². The first kappa shape index (κ1) is 22.4. The van der Waals surface area contributed by atoms with Gasteiger partial charge in [-0.15, -0.1) is 0 Å². The molecule has 1 N–H and O–H groups in total. The van der Waals surface area contributed by atoms with Crippen molar-refractivity contribution in [2.75, 3.05) is 13.7 Å². The lowest BCUT2D eigenvalue weighted by atomic mass is 9.91. The molecule has 1 unspecified atom stereocenters. The van der Waals surface area contributed by atoms with E-state index in [2.05, 4.69) is 5.32 Å². The number of rotatable bonds is 5. The maximum atomic E-state index is 14.8. The number of methoxy groups -OCH3 is 1. The van der Waals surface area contributed by atoms with E-state index >= 15 is 0 Å². The van der Waals surface area contributed by atoms with Gasteiger partial charge in [-0.2, -0.15) is 0 Å². The lowest BCUT2D eigenvalue weighted by molar-refractivity contribution is -0.121. The number of benzene rings is 2. The van der Waals surface area contributed by atoms with E-state index in [4.69, 9.17) is 9.73 Å². The predicted octanol–water partition coefficient (Wildman–Crippen LogP) is 3.76. The lowest BCUT2D eigenvalue weighted by Gasteiger charge is -2.16. The standard InChI is InChI=1S/C25H23F2N3O3/c1-4-28-23(31)12-21-17-11-24(32)30(2)13-19(17)16-9-20(27)22(33-3)10-18(16)25(29-21)14-5-7-15(26)8-6-14/h5-11,13,21H,4,12H2,1-3H3,(H,28,31). The second-order valence-corrected chi connectivity index (χ2v) is 7.78. The van der Waals surface area contributed by atoms with Crippen LogP contribution < -0.4 is 15.6 Å². The summed E-state index contributed by atoms with van der Waals surface area (Å²) in [6.45, 7) is 2.26. The van der Waals surface area contributed by atoms with Gasteiger partial charge < -0.3 is 14.6 Å². The molecule has 0 spiro atoms. The van der Waals surface area contributed by atoms with Crippen molar-refractivity contribution in [3.8, 4) is 16.9 Å². The molecule has 0 radical (unpaired) electrons. The number of aliphatic imine (C=N–C) groups is 1. The molecule has 2 heterocycles. The second kappa shape index (κ2) is 8.97. The third kappa shape index (κ3) is 4.28. The van der Waals surface area contributed by atoms with Gasteiger partial charge in [-0.1, -0.05) is 0 Å². The molecule has 2 aromatic carbocycles. The van der Waals surface area contributed by atoms with Gasteiger partial charge >= 0.3 is 0 Å².